The molecule has 47 valence electrons. The molecule has 0 N–H and O–H groups in total. The van der Waals surface area contributed by atoms with Gasteiger partial charge in [-0.1, -0.05) is 0 Å². The van der Waals surface area contributed by atoms with Gasteiger partial charge < -0.3 is 0 Å². The topological polar surface area (TPSA) is 65.3 Å². The van der Waals surface area contributed by atoms with Crippen molar-refractivity contribution in [3.05, 3.63) is 0 Å². The van der Waals surface area contributed by atoms with Gasteiger partial charge in [-0.15, -0.1) is 4.72 Å². The second-order valence-corrected chi connectivity index (χ2v) is 2.99. The Labute approximate surface area is 47.9 Å². The van der Waals surface area contributed by atoms with Crippen molar-refractivity contribution in [2.75, 3.05) is 6.26 Å². The minimum Gasteiger partial charge on any atom is -0.272 e. The highest BCUT2D eigenvalue weighted by atomic mass is 32.2. The molecule has 0 atom stereocenters. The molecular formula is C3H6NO3S. The Bertz CT molecular complexity index is 181. The van der Waals surface area contributed by atoms with Crippen LogP contribution >= 0.6 is 0 Å². The summed E-state index contributed by atoms with van der Waals surface area (Å²) in [6.45, 7) is 1.08. The van der Waals surface area contributed by atoms with Crippen molar-refractivity contribution in [2.45, 2.75) is 6.92 Å². The number of carbonyl (C=O) groups excluding carboxylic acids is 1. The zero-order chi connectivity index (χ0) is 6.78. The minimum atomic E-state index is -3.45. The van der Waals surface area contributed by atoms with Gasteiger partial charge in [0.25, 0.3) is 15.9 Å². The van der Waals surface area contributed by atoms with Crippen LogP contribution in [0.25, 0.3) is 0 Å². The van der Waals surface area contributed by atoms with Gasteiger partial charge >= 0.3 is 0 Å². The summed E-state index contributed by atoms with van der Waals surface area (Å²) in [4.78, 5) is 9.91. The maximum atomic E-state index is 10.1. The maximum absolute atomic E-state index is 10.1. The average molecular weight is 136 g/mol. The van der Waals surface area contributed by atoms with E-state index in [4.69, 9.17) is 0 Å². The second-order valence-electron chi connectivity index (χ2n) is 1.34. The molecule has 0 saturated carbocycles. The molecule has 0 saturated heterocycles. The highest BCUT2D eigenvalue weighted by molar-refractivity contribution is 7.89. The lowest BCUT2D eigenvalue weighted by atomic mass is 10.8. The summed E-state index contributed by atoms with van der Waals surface area (Å²) in [5.41, 5.74) is 0. The van der Waals surface area contributed by atoms with Crippen molar-refractivity contribution in [2.24, 2.45) is 0 Å². The molecule has 0 aromatic carbocycles. The Kier molecular flexibility index (Phi) is 1.97. The number of hydrogen-bond acceptors (Lipinski definition) is 3. The van der Waals surface area contributed by atoms with Crippen LogP contribution in [0.5, 0.6) is 0 Å². The lowest BCUT2D eigenvalue weighted by Crippen LogP contribution is -2.18. The Morgan fingerprint density at radius 3 is 1.88 bits per heavy atom. The average Bonchev–Trinajstić information content (AvgIpc) is 1.21. The molecule has 0 bridgehead atoms. The molecule has 0 aliphatic heterocycles. The number of hydrogen-bond donors (Lipinski definition) is 0. The number of nitrogens with zero attached hydrogens (tertiary/aromatic N) is 1. The van der Waals surface area contributed by atoms with Crippen molar-refractivity contribution in [1.29, 1.82) is 0 Å². The SMILES string of the molecule is CC(=O)[N]S(C)(=O)=O. The molecule has 4 nitrogen and oxygen atoms in total. The molecular weight excluding hydrogens is 130 g/mol. The molecule has 0 aromatic heterocycles. The molecule has 0 aliphatic rings. The molecule has 0 aromatic rings. The highest BCUT2D eigenvalue weighted by Crippen LogP contribution is 1.75. The Morgan fingerprint density at radius 2 is 1.88 bits per heavy atom. The Hall–Kier alpha value is -0.580. The number of amides is 1. The Balaban J connectivity index is 3.95. The van der Waals surface area contributed by atoms with E-state index in [9.17, 15) is 13.2 Å². The van der Waals surface area contributed by atoms with Crippen LogP contribution in [0.4, 0.5) is 0 Å². The normalized spacial score (nSPS) is 10.8. The van der Waals surface area contributed by atoms with Crippen LogP contribution < -0.4 is 4.72 Å². The molecule has 0 aliphatic carbocycles. The van der Waals surface area contributed by atoms with Crippen molar-refractivity contribution in [1.82, 2.24) is 4.72 Å². The summed E-state index contributed by atoms with van der Waals surface area (Å²) in [5.74, 6) is -0.687. The van der Waals surface area contributed by atoms with E-state index in [1.807, 2.05) is 0 Å². The van der Waals surface area contributed by atoms with Crippen LogP contribution in [0.15, 0.2) is 0 Å². The number of carbonyl (C=O) groups is 1. The van der Waals surface area contributed by atoms with E-state index < -0.39 is 15.9 Å². The Morgan fingerprint density at radius 1 is 1.50 bits per heavy atom. The summed E-state index contributed by atoms with van der Waals surface area (Å²) < 4.78 is 22.9. The molecule has 0 unspecified atom stereocenters. The lowest BCUT2D eigenvalue weighted by Gasteiger charge is -1.88. The molecule has 8 heavy (non-hydrogen) atoms. The lowest BCUT2D eigenvalue weighted by molar-refractivity contribution is -0.117. The van der Waals surface area contributed by atoms with Crippen molar-refractivity contribution >= 4 is 15.9 Å². The first-order valence-corrected chi connectivity index (χ1v) is 3.70. The van der Waals surface area contributed by atoms with Gasteiger partial charge in [-0.25, -0.2) is 8.42 Å². The van der Waals surface area contributed by atoms with E-state index >= 15 is 0 Å². The highest BCUT2D eigenvalue weighted by Gasteiger charge is 2.03. The summed E-state index contributed by atoms with van der Waals surface area (Å²) >= 11 is 0. The standard InChI is InChI=1S/C3H6NO3S/c1-3(5)4-8(2,6)7/h1-2H3. The van der Waals surface area contributed by atoms with E-state index in [0.29, 0.717) is 0 Å². The van der Waals surface area contributed by atoms with Crippen LogP contribution in [0, 0.1) is 0 Å². The molecule has 0 heterocycles. The summed E-state index contributed by atoms with van der Waals surface area (Å²) in [6.07, 6.45) is 0.869. The van der Waals surface area contributed by atoms with Crippen LogP contribution in [-0.2, 0) is 14.8 Å². The van der Waals surface area contributed by atoms with Gasteiger partial charge in [-0.05, 0) is 0 Å². The molecule has 1 amide bonds. The van der Waals surface area contributed by atoms with Gasteiger partial charge in [0.2, 0.25) is 0 Å². The van der Waals surface area contributed by atoms with E-state index in [2.05, 4.69) is 4.72 Å². The zero-order valence-electron chi connectivity index (χ0n) is 4.58. The monoisotopic (exact) mass is 136 g/mol. The predicted octanol–water partition coefficient (Wildman–Crippen LogP) is -0.903. The van der Waals surface area contributed by atoms with Gasteiger partial charge in [0.05, 0.1) is 6.26 Å². The first kappa shape index (κ1) is 7.42. The first-order chi connectivity index (χ1) is 3.42. The van der Waals surface area contributed by atoms with E-state index in [0.717, 1.165) is 13.2 Å². The fourth-order valence-electron chi connectivity index (χ4n) is 0.234. The van der Waals surface area contributed by atoms with E-state index in [1.54, 1.807) is 0 Å². The van der Waals surface area contributed by atoms with Crippen LogP contribution in [0.1, 0.15) is 6.92 Å². The minimum absolute atomic E-state index is 0.687. The van der Waals surface area contributed by atoms with Crippen LogP contribution in [0.2, 0.25) is 0 Å². The molecule has 0 rings (SSSR count). The first-order valence-electron chi connectivity index (χ1n) is 1.85. The third-order valence-electron chi connectivity index (χ3n) is 0.294. The van der Waals surface area contributed by atoms with E-state index in [1.165, 1.54) is 0 Å². The molecule has 0 fully saturated rings. The van der Waals surface area contributed by atoms with Gasteiger partial charge in [0.1, 0.15) is 0 Å². The third kappa shape index (κ3) is 5.42. The smallest absolute Gasteiger partial charge is 0.253 e. The quantitative estimate of drug-likeness (QED) is 0.469. The maximum Gasteiger partial charge on any atom is 0.253 e. The van der Waals surface area contributed by atoms with Crippen LogP contribution in [0.3, 0.4) is 0 Å². The number of rotatable bonds is 1. The van der Waals surface area contributed by atoms with Crippen molar-refractivity contribution < 1.29 is 13.2 Å². The van der Waals surface area contributed by atoms with Crippen LogP contribution in [-0.4, -0.2) is 20.6 Å². The van der Waals surface area contributed by atoms with Gasteiger partial charge in [0.15, 0.2) is 0 Å². The summed E-state index contributed by atoms with van der Waals surface area (Å²) in [5, 5.41) is 0. The number of sulfonamides is 1. The largest absolute Gasteiger partial charge is 0.272 e. The van der Waals surface area contributed by atoms with Crippen molar-refractivity contribution in [3.63, 3.8) is 0 Å². The van der Waals surface area contributed by atoms with Gasteiger partial charge in [-0.3, -0.25) is 4.79 Å². The summed E-state index contributed by atoms with van der Waals surface area (Å²) in [7, 11) is -3.45. The van der Waals surface area contributed by atoms with E-state index in [-0.39, 0.29) is 0 Å². The van der Waals surface area contributed by atoms with Gasteiger partial charge in [-0.2, -0.15) is 0 Å². The predicted molar refractivity (Wildman–Crippen MR) is 27.7 cm³/mol. The fraction of sp³-hybridized carbons (Fsp3) is 0.667. The molecule has 5 heteroatoms. The molecule has 0 spiro atoms. The van der Waals surface area contributed by atoms with Gasteiger partial charge in [0, 0.05) is 6.92 Å². The zero-order valence-corrected chi connectivity index (χ0v) is 5.40. The summed E-state index contributed by atoms with van der Waals surface area (Å²) in [6, 6.07) is 0. The second kappa shape index (κ2) is 2.13. The molecule has 1 radical (unpaired) electrons. The fourth-order valence-corrected chi connectivity index (χ4v) is 0.701. The third-order valence-corrected chi connectivity index (χ3v) is 0.883. The van der Waals surface area contributed by atoms with Crippen molar-refractivity contribution in [3.8, 4) is 0 Å².